The number of pyridine rings is 1. The second-order valence-electron chi connectivity index (χ2n) is 4.18. The minimum atomic E-state index is -0.232. The monoisotopic (exact) mass is 284 g/mol. The van der Waals surface area contributed by atoms with Crippen molar-refractivity contribution in [3.05, 3.63) is 41.7 Å². The molecule has 0 aliphatic rings. The molecule has 0 spiro atoms. The van der Waals surface area contributed by atoms with Crippen LogP contribution in [0.1, 0.15) is 28.7 Å². The van der Waals surface area contributed by atoms with Crippen molar-refractivity contribution in [2.45, 2.75) is 20.0 Å². The molecular weight excluding hydrogens is 268 g/mol. The van der Waals surface area contributed by atoms with Gasteiger partial charge in [-0.05, 0) is 13.0 Å². The van der Waals surface area contributed by atoms with E-state index < -0.39 is 0 Å². The van der Waals surface area contributed by atoms with E-state index >= 15 is 0 Å². The Morgan fingerprint density at radius 2 is 2.33 bits per heavy atom. The fraction of sp³-hybridized carbons (Fsp3) is 0.286. The smallest absolute Gasteiger partial charge is 0.253 e. The summed E-state index contributed by atoms with van der Waals surface area (Å²) in [5, 5.41) is 10.6. The van der Waals surface area contributed by atoms with Gasteiger partial charge in [0.15, 0.2) is 5.82 Å². The van der Waals surface area contributed by atoms with Gasteiger partial charge in [-0.15, -0.1) is 10.2 Å². The molecule has 0 aromatic carbocycles. The summed E-state index contributed by atoms with van der Waals surface area (Å²) >= 11 is 0. The molecule has 7 heteroatoms. The van der Waals surface area contributed by atoms with Crippen molar-refractivity contribution < 1.29 is 4.79 Å². The first-order valence-corrected chi connectivity index (χ1v) is 6.53. The Bertz CT molecular complexity index is 682. The van der Waals surface area contributed by atoms with Crippen LogP contribution in [-0.2, 0) is 13.1 Å². The summed E-state index contributed by atoms with van der Waals surface area (Å²) in [5.74, 6) is 6.04. The van der Waals surface area contributed by atoms with E-state index in [2.05, 4.69) is 32.3 Å². The number of carbonyl (C=O) groups is 1. The number of hydrogen-bond acceptors (Lipinski definition) is 5. The third-order valence-corrected chi connectivity index (χ3v) is 2.78. The van der Waals surface area contributed by atoms with Gasteiger partial charge in [0.05, 0.1) is 18.7 Å². The number of carbonyl (C=O) groups excluding carboxylic acids is 1. The topological polar surface area (TPSA) is 98.7 Å². The zero-order valence-electron chi connectivity index (χ0n) is 11.7. The summed E-state index contributed by atoms with van der Waals surface area (Å²) in [6.45, 7) is 3.32. The Labute approximate surface area is 122 Å². The van der Waals surface area contributed by atoms with Crippen LogP contribution in [0.25, 0.3) is 0 Å². The second kappa shape index (κ2) is 7.17. The number of aromatic nitrogens is 4. The summed E-state index contributed by atoms with van der Waals surface area (Å²) in [4.78, 5) is 16.1. The van der Waals surface area contributed by atoms with Crippen LogP contribution in [0.5, 0.6) is 0 Å². The van der Waals surface area contributed by atoms with E-state index in [0.717, 1.165) is 6.54 Å². The third kappa shape index (κ3) is 3.87. The lowest BCUT2D eigenvalue weighted by atomic mass is 10.2. The Balaban J connectivity index is 2.03. The van der Waals surface area contributed by atoms with Crippen molar-refractivity contribution in [2.24, 2.45) is 5.73 Å². The maximum Gasteiger partial charge on any atom is 0.253 e. The average Bonchev–Trinajstić information content (AvgIpc) is 2.98. The van der Waals surface area contributed by atoms with E-state index in [-0.39, 0.29) is 12.5 Å². The molecular formula is C14H16N6O. The van der Waals surface area contributed by atoms with Crippen LogP contribution in [-0.4, -0.2) is 32.2 Å². The molecule has 0 radical (unpaired) electrons. The Kier molecular flexibility index (Phi) is 5.01. The summed E-state index contributed by atoms with van der Waals surface area (Å²) in [6, 6.07) is 1.68. The fourth-order valence-electron chi connectivity index (χ4n) is 1.73. The summed E-state index contributed by atoms with van der Waals surface area (Å²) < 4.78 is 1.86. The first-order valence-electron chi connectivity index (χ1n) is 6.53. The molecule has 2 heterocycles. The van der Waals surface area contributed by atoms with Crippen LogP contribution in [0.2, 0.25) is 0 Å². The van der Waals surface area contributed by atoms with Crippen LogP contribution in [0, 0.1) is 11.8 Å². The SMILES string of the molecule is CCn1cnnc1CNC(=O)c1cncc(C#CCN)c1. The molecule has 108 valence electrons. The van der Waals surface area contributed by atoms with Crippen molar-refractivity contribution >= 4 is 5.91 Å². The predicted octanol–water partition coefficient (Wildman–Crippen LogP) is -0.0668. The molecule has 7 nitrogen and oxygen atoms in total. The molecule has 0 unspecified atom stereocenters. The van der Waals surface area contributed by atoms with Gasteiger partial charge in [-0.3, -0.25) is 9.78 Å². The standard InChI is InChI=1S/C14H16N6O/c1-2-20-10-18-19-13(20)9-17-14(21)12-6-11(4-3-5-15)7-16-8-12/h6-8,10H,2,5,9,15H2,1H3,(H,17,21). The molecule has 1 amide bonds. The fourth-order valence-corrected chi connectivity index (χ4v) is 1.73. The summed E-state index contributed by atoms with van der Waals surface area (Å²) in [7, 11) is 0. The lowest BCUT2D eigenvalue weighted by Crippen LogP contribution is -2.24. The van der Waals surface area contributed by atoms with E-state index in [1.807, 2.05) is 11.5 Å². The van der Waals surface area contributed by atoms with Crippen LogP contribution >= 0.6 is 0 Å². The molecule has 3 N–H and O–H groups in total. The molecule has 2 aromatic rings. The quantitative estimate of drug-likeness (QED) is 0.766. The van der Waals surface area contributed by atoms with E-state index in [1.165, 1.54) is 6.20 Å². The summed E-state index contributed by atoms with van der Waals surface area (Å²) in [6.07, 6.45) is 4.72. The Morgan fingerprint density at radius 1 is 1.48 bits per heavy atom. The number of nitrogens with two attached hydrogens (primary N) is 1. The van der Waals surface area contributed by atoms with Gasteiger partial charge in [0.25, 0.3) is 5.91 Å². The first kappa shape index (κ1) is 14.7. The maximum absolute atomic E-state index is 12.1. The molecule has 0 saturated heterocycles. The normalized spacial score (nSPS) is 9.81. The number of aryl methyl sites for hydroxylation is 1. The molecule has 0 fully saturated rings. The van der Waals surface area contributed by atoms with Crippen LogP contribution in [0.4, 0.5) is 0 Å². The van der Waals surface area contributed by atoms with Crippen LogP contribution in [0.15, 0.2) is 24.8 Å². The van der Waals surface area contributed by atoms with E-state index in [0.29, 0.717) is 23.5 Å². The minimum absolute atomic E-state index is 0.232. The zero-order chi connectivity index (χ0) is 15.1. The number of nitrogens with one attached hydrogen (secondary N) is 1. The molecule has 0 atom stereocenters. The second-order valence-corrected chi connectivity index (χ2v) is 4.18. The van der Waals surface area contributed by atoms with Crippen molar-refractivity contribution in [1.82, 2.24) is 25.1 Å². The highest BCUT2D eigenvalue weighted by molar-refractivity contribution is 5.94. The molecule has 21 heavy (non-hydrogen) atoms. The molecule has 2 rings (SSSR count). The van der Waals surface area contributed by atoms with Gasteiger partial charge in [0.2, 0.25) is 0 Å². The van der Waals surface area contributed by atoms with Gasteiger partial charge < -0.3 is 15.6 Å². The average molecular weight is 284 g/mol. The number of hydrogen-bond donors (Lipinski definition) is 2. The highest BCUT2D eigenvalue weighted by Gasteiger charge is 2.08. The van der Waals surface area contributed by atoms with Crippen molar-refractivity contribution in [3.63, 3.8) is 0 Å². The molecule has 2 aromatic heterocycles. The van der Waals surface area contributed by atoms with E-state index in [9.17, 15) is 4.79 Å². The predicted molar refractivity (Wildman–Crippen MR) is 77.0 cm³/mol. The Hall–Kier alpha value is -2.72. The van der Waals surface area contributed by atoms with Gasteiger partial charge >= 0.3 is 0 Å². The van der Waals surface area contributed by atoms with Gasteiger partial charge in [-0.1, -0.05) is 11.8 Å². The lowest BCUT2D eigenvalue weighted by molar-refractivity contribution is 0.0949. The van der Waals surface area contributed by atoms with Crippen molar-refractivity contribution in [1.29, 1.82) is 0 Å². The minimum Gasteiger partial charge on any atom is -0.345 e. The lowest BCUT2D eigenvalue weighted by Gasteiger charge is -2.06. The molecule has 0 aliphatic carbocycles. The third-order valence-electron chi connectivity index (χ3n) is 2.78. The van der Waals surface area contributed by atoms with E-state index in [4.69, 9.17) is 5.73 Å². The highest BCUT2D eigenvalue weighted by Crippen LogP contribution is 2.02. The van der Waals surface area contributed by atoms with Crippen molar-refractivity contribution in [2.75, 3.05) is 6.54 Å². The molecule has 0 aliphatic heterocycles. The van der Waals surface area contributed by atoms with E-state index in [1.54, 1.807) is 18.6 Å². The van der Waals surface area contributed by atoms with Gasteiger partial charge in [0, 0.05) is 24.5 Å². The first-order chi connectivity index (χ1) is 10.2. The molecule has 0 bridgehead atoms. The molecule has 0 saturated carbocycles. The van der Waals surface area contributed by atoms with Crippen LogP contribution < -0.4 is 11.1 Å². The largest absolute Gasteiger partial charge is 0.345 e. The number of nitrogens with zero attached hydrogens (tertiary/aromatic N) is 4. The number of rotatable bonds is 4. The Morgan fingerprint density at radius 3 is 3.10 bits per heavy atom. The van der Waals surface area contributed by atoms with Crippen molar-refractivity contribution in [3.8, 4) is 11.8 Å². The van der Waals surface area contributed by atoms with Crippen LogP contribution in [0.3, 0.4) is 0 Å². The highest BCUT2D eigenvalue weighted by atomic mass is 16.1. The van der Waals surface area contributed by atoms with Gasteiger partial charge in [-0.2, -0.15) is 0 Å². The van der Waals surface area contributed by atoms with Gasteiger partial charge in [-0.25, -0.2) is 0 Å². The van der Waals surface area contributed by atoms with Gasteiger partial charge in [0.1, 0.15) is 6.33 Å². The zero-order valence-corrected chi connectivity index (χ0v) is 11.7. The maximum atomic E-state index is 12.1. The number of amides is 1. The summed E-state index contributed by atoms with van der Waals surface area (Å²) in [5.41, 5.74) is 6.42.